The molecule has 0 amide bonds. The Bertz CT molecular complexity index is 477. The minimum atomic E-state index is -0.418. The van der Waals surface area contributed by atoms with E-state index in [4.69, 9.17) is 0 Å². The second kappa shape index (κ2) is 7.06. The molecule has 114 valence electrons. The zero-order valence-corrected chi connectivity index (χ0v) is 13.5. The molecule has 3 nitrogen and oxygen atoms in total. The number of hydrogen-bond donors (Lipinski definition) is 1. The molecule has 1 aromatic carbocycles. The minimum Gasteiger partial charge on any atom is -0.303 e. The zero-order valence-electron chi connectivity index (χ0n) is 13.5. The van der Waals surface area contributed by atoms with E-state index in [1.807, 2.05) is 6.92 Å². The van der Waals surface area contributed by atoms with Gasteiger partial charge in [-0.25, -0.2) is 0 Å². The first-order valence-electron chi connectivity index (χ1n) is 7.99. The van der Waals surface area contributed by atoms with Gasteiger partial charge >= 0.3 is 0 Å². The van der Waals surface area contributed by atoms with Crippen LogP contribution in [0.2, 0.25) is 0 Å². The molecule has 2 atom stereocenters. The second-order valence-electron chi connectivity index (χ2n) is 6.69. The summed E-state index contributed by atoms with van der Waals surface area (Å²) in [5.74, 6) is 0.651. The van der Waals surface area contributed by atoms with Crippen LogP contribution < -0.4 is 5.32 Å². The van der Waals surface area contributed by atoms with Crippen molar-refractivity contribution in [2.75, 3.05) is 19.6 Å². The average molecular weight is 285 g/mol. The maximum absolute atomic E-state index is 9.41. The summed E-state index contributed by atoms with van der Waals surface area (Å²) in [4.78, 5) is 2.50. The summed E-state index contributed by atoms with van der Waals surface area (Å²) >= 11 is 0. The van der Waals surface area contributed by atoms with E-state index in [0.717, 1.165) is 26.1 Å². The largest absolute Gasteiger partial charge is 0.303 e. The molecule has 21 heavy (non-hydrogen) atoms. The number of nitrogens with one attached hydrogen (secondary N) is 1. The van der Waals surface area contributed by atoms with Crippen molar-refractivity contribution in [1.29, 1.82) is 5.26 Å². The molecule has 1 heterocycles. The standard InChI is InChI=1S/C18H27N3/c1-15(2)20-18(3,14-19)10-12-21-11-9-17(13-21)16-7-5-4-6-8-16/h4-8,15,17,20H,9-13H2,1-3H3. The van der Waals surface area contributed by atoms with Crippen molar-refractivity contribution < 1.29 is 0 Å². The fraction of sp³-hybridized carbons (Fsp3) is 0.611. The average Bonchev–Trinajstić information content (AvgIpc) is 2.94. The van der Waals surface area contributed by atoms with Gasteiger partial charge in [-0.2, -0.15) is 5.26 Å². The first kappa shape index (κ1) is 16.0. The molecule has 0 aliphatic carbocycles. The molecule has 2 rings (SSSR count). The molecule has 0 bridgehead atoms. The molecule has 0 aromatic heterocycles. The molecule has 1 aliphatic heterocycles. The van der Waals surface area contributed by atoms with Gasteiger partial charge in [0.15, 0.2) is 0 Å². The molecule has 1 N–H and O–H groups in total. The molecule has 3 heteroatoms. The fourth-order valence-electron chi connectivity index (χ4n) is 3.21. The predicted octanol–water partition coefficient (Wildman–Crippen LogP) is 3.15. The Kier molecular flexibility index (Phi) is 5.39. The summed E-state index contributed by atoms with van der Waals surface area (Å²) in [6, 6.07) is 13.6. The monoisotopic (exact) mass is 285 g/mol. The molecule has 1 fully saturated rings. The van der Waals surface area contributed by atoms with Gasteiger partial charge in [-0.05, 0) is 51.6 Å². The van der Waals surface area contributed by atoms with Gasteiger partial charge in [-0.1, -0.05) is 30.3 Å². The Hall–Kier alpha value is -1.37. The summed E-state index contributed by atoms with van der Waals surface area (Å²) in [6.07, 6.45) is 2.11. The van der Waals surface area contributed by atoms with E-state index in [-0.39, 0.29) is 0 Å². The van der Waals surface area contributed by atoms with Gasteiger partial charge in [0.05, 0.1) is 6.07 Å². The number of benzene rings is 1. The van der Waals surface area contributed by atoms with Crippen LogP contribution in [-0.2, 0) is 0 Å². The first-order valence-corrected chi connectivity index (χ1v) is 7.99. The highest BCUT2D eigenvalue weighted by atomic mass is 15.1. The molecule has 1 aromatic rings. The van der Waals surface area contributed by atoms with Crippen molar-refractivity contribution >= 4 is 0 Å². The molecule has 0 saturated carbocycles. The number of nitriles is 1. The lowest BCUT2D eigenvalue weighted by Crippen LogP contribution is -2.47. The van der Waals surface area contributed by atoms with Gasteiger partial charge in [-0.3, -0.25) is 5.32 Å². The summed E-state index contributed by atoms with van der Waals surface area (Å²) in [5.41, 5.74) is 1.03. The van der Waals surface area contributed by atoms with Crippen LogP contribution >= 0.6 is 0 Å². The van der Waals surface area contributed by atoms with Gasteiger partial charge in [0.25, 0.3) is 0 Å². The topological polar surface area (TPSA) is 39.1 Å². The molecule has 1 aliphatic rings. The smallest absolute Gasteiger partial charge is 0.105 e. The van der Waals surface area contributed by atoms with Crippen molar-refractivity contribution in [3.63, 3.8) is 0 Å². The van der Waals surface area contributed by atoms with Crippen molar-refractivity contribution in [2.24, 2.45) is 0 Å². The SMILES string of the molecule is CC(C)NC(C)(C#N)CCN1CCC(c2ccccc2)C1. The lowest BCUT2D eigenvalue weighted by molar-refractivity contribution is 0.279. The zero-order chi connectivity index (χ0) is 15.3. The Labute approximate surface area is 129 Å². The number of likely N-dealkylation sites (tertiary alicyclic amines) is 1. The van der Waals surface area contributed by atoms with Gasteiger partial charge in [0.2, 0.25) is 0 Å². The third kappa shape index (κ3) is 4.56. The van der Waals surface area contributed by atoms with E-state index < -0.39 is 5.54 Å². The van der Waals surface area contributed by atoms with Gasteiger partial charge < -0.3 is 4.90 Å². The summed E-state index contributed by atoms with van der Waals surface area (Å²) in [6.45, 7) is 9.45. The number of rotatable bonds is 6. The quantitative estimate of drug-likeness (QED) is 0.872. The van der Waals surface area contributed by atoms with E-state index in [9.17, 15) is 5.26 Å². The lowest BCUT2D eigenvalue weighted by atomic mass is 9.98. The normalized spacial score (nSPS) is 22.1. The third-order valence-electron chi connectivity index (χ3n) is 4.33. The van der Waals surface area contributed by atoms with E-state index in [0.29, 0.717) is 12.0 Å². The van der Waals surface area contributed by atoms with Crippen LogP contribution in [0.4, 0.5) is 0 Å². The highest BCUT2D eigenvalue weighted by Gasteiger charge is 2.28. The van der Waals surface area contributed by atoms with Crippen molar-refractivity contribution in [2.45, 2.75) is 51.1 Å². The molecule has 1 saturated heterocycles. The minimum absolute atomic E-state index is 0.338. The lowest BCUT2D eigenvalue weighted by Gasteiger charge is -2.28. The van der Waals surface area contributed by atoms with Crippen LogP contribution in [0.15, 0.2) is 30.3 Å². The van der Waals surface area contributed by atoms with Crippen LogP contribution in [0.3, 0.4) is 0 Å². The van der Waals surface area contributed by atoms with E-state index >= 15 is 0 Å². The van der Waals surface area contributed by atoms with Crippen LogP contribution in [-0.4, -0.2) is 36.1 Å². The van der Waals surface area contributed by atoms with E-state index in [1.54, 1.807) is 0 Å². The fourth-order valence-corrected chi connectivity index (χ4v) is 3.21. The third-order valence-corrected chi connectivity index (χ3v) is 4.33. The first-order chi connectivity index (χ1) is 10.0. The van der Waals surface area contributed by atoms with Crippen molar-refractivity contribution in [1.82, 2.24) is 10.2 Å². The summed E-state index contributed by atoms with van der Waals surface area (Å²) in [5, 5.41) is 12.8. The van der Waals surface area contributed by atoms with Crippen LogP contribution in [0.25, 0.3) is 0 Å². The molecule has 0 spiro atoms. The van der Waals surface area contributed by atoms with Gasteiger partial charge in [0.1, 0.15) is 5.54 Å². The van der Waals surface area contributed by atoms with Gasteiger partial charge in [0, 0.05) is 19.1 Å². The van der Waals surface area contributed by atoms with Crippen LogP contribution in [0.5, 0.6) is 0 Å². The number of hydrogen-bond acceptors (Lipinski definition) is 3. The maximum Gasteiger partial charge on any atom is 0.105 e. The Morgan fingerprint density at radius 3 is 2.71 bits per heavy atom. The van der Waals surface area contributed by atoms with E-state index in [1.165, 1.54) is 12.0 Å². The molecular weight excluding hydrogens is 258 g/mol. The summed E-state index contributed by atoms with van der Waals surface area (Å²) in [7, 11) is 0. The molecular formula is C18H27N3. The Morgan fingerprint density at radius 1 is 1.38 bits per heavy atom. The number of nitrogens with zero attached hydrogens (tertiary/aromatic N) is 2. The van der Waals surface area contributed by atoms with E-state index in [2.05, 4.69) is 60.5 Å². The van der Waals surface area contributed by atoms with Crippen molar-refractivity contribution in [3.8, 4) is 6.07 Å². The maximum atomic E-state index is 9.41. The van der Waals surface area contributed by atoms with Gasteiger partial charge in [-0.15, -0.1) is 0 Å². The summed E-state index contributed by atoms with van der Waals surface area (Å²) < 4.78 is 0. The second-order valence-corrected chi connectivity index (χ2v) is 6.69. The highest BCUT2D eigenvalue weighted by molar-refractivity contribution is 5.21. The Morgan fingerprint density at radius 2 is 2.10 bits per heavy atom. The van der Waals surface area contributed by atoms with Crippen molar-refractivity contribution in [3.05, 3.63) is 35.9 Å². The Balaban J connectivity index is 1.84. The van der Waals surface area contributed by atoms with Crippen LogP contribution in [0.1, 0.15) is 45.1 Å². The highest BCUT2D eigenvalue weighted by Crippen LogP contribution is 2.27. The predicted molar refractivity (Wildman–Crippen MR) is 87.1 cm³/mol. The molecule has 2 unspecified atom stereocenters. The van der Waals surface area contributed by atoms with Crippen LogP contribution in [0, 0.1) is 11.3 Å². The molecule has 0 radical (unpaired) electrons.